The topological polar surface area (TPSA) is 111 Å². The first-order valence-corrected chi connectivity index (χ1v) is 11.5. The molecule has 0 bridgehead atoms. The quantitative estimate of drug-likeness (QED) is 0.418. The molecule has 0 fully saturated rings. The third kappa shape index (κ3) is 6.13. The number of carbonyl (C=O) groups is 2. The zero-order valence-corrected chi connectivity index (χ0v) is 18.7. The third-order valence-electron chi connectivity index (χ3n) is 4.58. The van der Waals surface area contributed by atoms with Crippen LogP contribution in [0.2, 0.25) is 0 Å². The van der Waals surface area contributed by atoms with Gasteiger partial charge in [-0.1, -0.05) is 12.2 Å². The Labute approximate surface area is 192 Å². The number of hydrogen-bond acceptors (Lipinski definition) is 7. The average Bonchev–Trinajstić information content (AvgIpc) is 2.82. The molecule has 174 valence electrons. The molecule has 0 spiro atoms. The van der Waals surface area contributed by atoms with Crippen molar-refractivity contribution < 1.29 is 32.2 Å². The summed E-state index contributed by atoms with van der Waals surface area (Å²) in [5.74, 6) is -0.246. The molecule has 1 aliphatic heterocycles. The van der Waals surface area contributed by atoms with Gasteiger partial charge in [-0.25, -0.2) is 13.2 Å². The zero-order valence-electron chi connectivity index (χ0n) is 17.9. The fourth-order valence-corrected chi connectivity index (χ4v) is 4.04. The maximum absolute atomic E-state index is 12.7. The Morgan fingerprint density at radius 1 is 1.00 bits per heavy atom. The van der Waals surface area contributed by atoms with Gasteiger partial charge in [-0.2, -0.15) is 0 Å². The second kappa shape index (κ2) is 10.7. The first-order valence-electron chi connectivity index (χ1n) is 10.0. The van der Waals surface area contributed by atoms with E-state index >= 15 is 0 Å². The van der Waals surface area contributed by atoms with Crippen LogP contribution in [0.5, 0.6) is 11.5 Å². The first kappa shape index (κ1) is 23.9. The maximum Gasteiger partial charge on any atom is 0.338 e. The Hall–Kier alpha value is -3.79. The van der Waals surface area contributed by atoms with Gasteiger partial charge in [0.05, 0.1) is 10.5 Å². The average molecular weight is 473 g/mol. The van der Waals surface area contributed by atoms with Crippen LogP contribution >= 0.6 is 0 Å². The number of hydrogen-bond donors (Lipinski definition) is 1. The summed E-state index contributed by atoms with van der Waals surface area (Å²) in [6, 6.07) is 10.0. The van der Waals surface area contributed by atoms with E-state index in [1.807, 2.05) is 0 Å². The van der Waals surface area contributed by atoms with E-state index in [0.29, 0.717) is 37.8 Å². The monoisotopic (exact) mass is 472 g/mol. The van der Waals surface area contributed by atoms with Crippen LogP contribution in [-0.4, -0.2) is 58.1 Å². The number of fused-ring (bicyclic) bond motifs is 1. The van der Waals surface area contributed by atoms with Crippen LogP contribution < -0.4 is 14.2 Å². The number of nitrogens with zero attached hydrogens (tertiary/aromatic N) is 1. The van der Waals surface area contributed by atoms with Gasteiger partial charge in [0.2, 0.25) is 0 Å². The van der Waals surface area contributed by atoms with E-state index in [4.69, 9.17) is 14.2 Å². The molecule has 3 rings (SSSR count). The lowest BCUT2D eigenvalue weighted by Crippen LogP contribution is -2.35. The molecule has 1 amide bonds. The highest BCUT2D eigenvalue weighted by molar-refractivity contribution is 7.92. The largest absolute Gasteiger partial charge is 0.486 e. The summed E-state index contributed by atoms with van der Waals surface area (Å²) in [7, 11) is -3.89. The number of sulfonamides is 1. The van der Waals surface area contributed by atoms with Crippen LogP contribution in [0.1, 0.15) is 10.4 Å². The van der Waals surface area contributed by atoms with Crippen molar-refractivity contribution in [1.82, 2.24) is 4.90 Å². The molecule has 0 saturated heterocycles. The van der Waals surface area contributed by atoms with Gasteiger partial charge in [0.1, 0.15) is 13.2 Å². The number of carbonyl (C=O) groups excluding carboxylic acids is 2. The number of rotatable bonds is 10. The lowest BCUT2D eigenvalue weighted by atomic mass is 10.2. The molecule has 0 aromatic heterocycles. The number of benzene rings is 2. The van der Waals surface area contributed by atoms with Crippen molar-refractivity contribution in [3.63, 3.8) is 0 Å². The van der Waals surface area contributed by atoms with E-state index in [9.17, 15) is 18.0 Å². The molecule has 1 aliphatic rings. The lowest BCUT2D eigenvalue weighted by Gasteiger charge is -2.19. The molecule has 0 aliphatic carbocycles. The molecule has 1 heterocycles. The Morgan fingerprint density at radius 2 is 1.64 bits per heavy atom. The summed E-state index contributed by atoms with van der Waals surface area (Å²) in [4.78, 5) is 25.8. The molecule has 0 atom stereocenters. The van der Waals surface area contributed by atoms with Crippen molar-refractivity contribution >= 4 is 27.6 Å². The van der Waals surface area contributed by atoms with E-state index in [0.717, 1.165) is 0 Å². The zero-order chi connectivity index (χ0) is 23.8. The Morgan fingerprint density at radius 3 is 2.27 bits per heavy atom. The molecule has 1 N–H and O–H groups in total. The van der Waals surface area contributed by atoms with Gasteiger partial charge >= 0.3 is 5.97 Å². The number of ether oxygens (including phenoxy) is 3. The summed E-state index contributed by atoms with van der Waals surface area (Å²) in [5, 5.41) is 0. The summed E-state index contributed by atoms with van der Waals surface area (Å²) in [5.41, 5.74) is 0.421. The summed E-state index contributed by atoms with van der Waals surface area (Å²) < 4.78 is 43.7. The fourth-order valence-electron chi connectivity index (χ4n) is 2.97. The van der Waals surface area contributed by atoms with Crippen LogP contribution in [0.3, 0.4) is 0 Å². The molecule has 0 unspecified atom stereocenters. The molecule has 33 heavy (non-hydrogen) atoms. The van der Waals surface area contributed by atoms with Crippen molar-refractivity contribution in [2.24, 2.45) is 0 Å². The highest BCUT2D eigenvalue weighted by atomic mass is 32.2. The van der Waals surface area contributed by atoms with Gasteiger partial charge in [-0.05, 0) is 36.4 Å². The van der Waals surface area contributed by atoms with Crippen LogP contribution in [0.4, 0.5) is 5.69 Å². The summed E-state index contributed by atoms with van der Waals surface area (Å²) in [6.45, 7) is 8.09. The van der Waals surface area contributed by atoms with E-state index in [2.05, 4.69) is 17.9 Å². The first-order chi connectivity index (χ1) is 15.8. The Bertz CT molecular complexity index is 1130. The van der Waals surface area contributed by atoms with Gasteiger partial charge in [-0.15, -0.1) is 13.2 Å². The fraction of sp³-hybridized carbons (Fsp3) is 0.217. The minimum atomic E-state index is -3.89. The Balaban J connectivity index is 1.61. The summed E-state index contributed by atoms with van der Waals surface area (Å²) in [6.07, 6.45) is 3.13. The molecule has 2 aromatic carbocycles. The van der Waals surface area contributed by atoms with Crippen LogP contribution in [-0.2, 0) is 19.6 Å². The van der Waals surface area contributed by atoms with Crippen LogP contribution in [0.25, 0.3) is 0 Å². The number of amides is 1. The molecule has 10 heteroatoms. The number of anilines is 1. The molecule has 0 saturated carbocycles. The van der Waals surface area contributed by atoms with Crippen LogP contribution in [0.15, 0.2) is 72.7 Å². The predicted molar refractivity (Wildman–Crippen MR) is 122 cm³/mol. The molecule has 0 radical (unpaired) electrons. The van der Waals surface area contributed by atoms with E-state index < -0.39 is 22.6 Å². The lowest BCUT2D eigenvalue weighted by molar-refractivity contribution is -0.133. The molecule has 9 nitrogen and oxygen atoms in total. The van der Waals surface area contributed by atoms with E-state index in [1.165, 1.54) is 47.4 Å². The predicted octanol–water partition coefficient (Wildman–Crippen LogP) is 2.62. The van der Waals surface area contributed by atoms with E-state index in [-0.39, 0.29) is 22.1 Å². The number of esters is 1. The normalized spacial score (nSPS) is 12.4. The second-order valence-corrected chi connectivity index (χ2v) is 8.62. The van der Waals surface area contributed by atoms with Crippen molar-refractivity contribution in [3.05, 3.63) is 73.3 Å². The van der Waals surface area contributed by atoms with Crippen molar-refractivity contribution in [3.8, 4) is 11.5 Å². The van der Waals surface area contributed by atoms with Gasteiger partial charge in [-0.3, -0.25) is 9.52 Å². The maximum atomic E-state index is 12.7. The SMILES string of the molecule is C=CCN(CC=C)C(=O)COC(=O)c1ccc(NS(=O)(=O)c2ccc3c(c2)OCCO3)cc1. The Kier molecular flexibility index (Phi) is 7.73. The van der Waals surface area contributed by atoms with Gasteiger partial charge in [0.15, 0.2) is 18.1 Å². The highest BCUT2D eigenvalue weighted by Crippen LogP contribution is 2.32. The van der Waals surface area contributed by atoms with Crippen molar-refractivity contribution in [2.45, 2.75) is 4.90 Å². The number of nitrogens with one attached hydrogen (secondary N) is 1. The highest BCUT2D eigenvalue weighted by Gasteiger charge is 2.20. The molecule has 2 aromatic rings. The van der Waals surface area contributed by atoms with Gasteiger partial charge in [0.25, 0.3) is 15.9 Å². The summed E-state index contributed by atoms with van der Waals surface area (Å²) >= 11 is 0. The molecular weight excluding hydrogens is 448 g/mol. The van der Waals surface area contributed by atoms with E-state index in [1.54, 1.807) is 12.2 Å². The third-order valence-corrected chi connectivity index (χ3v) is 5.95. The molecular formula is C23H24N2O7S. The minimum absolute atomic E-state index is 0.0114. The van der Waals surface area contributed by atoms with Crippen molar-refractivity contribution in [1.29, 1.82) is 0 Å². The van der Waals surface area contributed by atoms with Gasteiger partial charge < -0.3 is 19.1 Å². The van der Waals surface area contributed by atoms with Crippen molar-refractivity contribution in [2.75, 3.05) is 37.6 Å². The van der Waals surface area contributed by atoms with Gasteiger partial charge in [0, 0.05) is 24.8 Å². The second-order valence-electron chi connectivity index (χ2n) is 6.94. The van der Waals surface area contributed by atoms with Crippen LogP contribution in [0, 0.1) is 0 Å². The standard InChI is InChI=1S/C23H24N2O7S/c1-3-11-25(12-4-2)22(26)16-32-23(27)17-5-7-18(8-6-17)24-33(28,29)19-9-10-20-21(15-19)31-14-13-30-20/h3-10,15,24H,1-2,11-14,16H2. The smallest absolute Gasteiger partial charge is 0.338 e. The minimum Gasteiger partial charge on any atom is -0.486 e.